The molecular formula is C14H8ClF3N2OS. The summed E-state index contributed by atoms with van der Waals surface area (Å²) in [6.45, 7) is 1.78. The number of aromatic amines is 1. The molecule has 114 valence electrons. The van der Waals surface area contributed by atoms with E-state index in [2.05, 4.69) is 9.97 Å². The second-order valence-electron chi connectivity index (χ2n) is 4.70. The Kier molecular flexibility index (Phi) is 3.49. The van der Waals surface area contributed by atoms with Gasteiger partial charge >= 0.3 is 6.18 Å². The molecule has 0 saturated carbocycles. The van der Waals surface area contributed by atoms with Crippen LogP contribution in [0.3, 0.4) is 0 Å². The first-order valence-electron chi connectivity index (χ1n) is 6.12. The average molecular weight is 345 g/mol. The Bertz CT molecular complexity index is 930. The molecule has 0 aliphatic heterocycles. The van der Waals surface area contributed by atoms with Crippen molar-refractivity contribution in [2.45, 2.75) is 13.1 Å². The number of hydrogen-bond donors (Lipinski definition) is 1. The molecule has 0 spiro atoms. The zero-order valence-electron chi connectivity index (χ0n) is 11.1. The van der Waals surface area contributed by atoms with Crippen LogP contribution in [-0.2, 0) is 6.18 Å². The van der Waals surface area contributed by atoms with Crippen molar-refractivity contribution in [1.29, 1.82) is 0 Å². The van der Waals surface area contributed by atoms with Crippen LogP contribution < -0.4 is 5.43 Å². The van der Waals surface area contributed by atoms with Gasteiger partial charge in [0.1, 0.15) is 5.01 Å². The van der Waals surface area contributed by atoms with Gasteiger partial charge in [0.15, 0.2) is 11.1 Å². The monoisotopic (exact) mass is 344 g/mol. The van der Waals surface area contributed by atoms with Gasteiger partial charge in [0.05, 0.1) is 16.2 Å². The van der Waals surface area contributed by atoms with Crippen molar-refractivity contribution in [3.63, 3.8) is 0 Å². The van der Waals surface area contributed by atoms with Gasteiger partial charge in [-0.3, -0.25) is 4.79 Å². The fraction of sp³-hybridized carbons (Fsp3) is 0.143. The molecule has 2 heterocycles. The second kappa shape index (κ2) is 5.10. The molecule has 0 atom stereocenters. The maximum absolute atomic E-state index is 12.6. The summed E-state index contributed by atoms with van der Waals surface area (Å²) in [6.07, 6.45) is -4.51. The molecule has 0 unspecified atom stereocenters. The Morgan fingerprint density at radius 1 is 1.32 bits per heavy atom. The highest BCUT2D eigenvalue weighted by Crippen LogP contribution is 2.33. The SMILES string of the molecule is Cc1ccc2c(=O)cc(-c3nc(C(F)(F)F)cs3)[nH]c2c1Cl. The van der Waals surface area contributed by atoms with Crippen LogP contribution in [0.4, 0.5) is 13.2 Å². The molecule has 1 N–H and O–H groups in total. The smallest absolute Gasteiger partial charge is 0.351 e. The van der Waals surface area contributed by atoms with Crippen molar-refractivity contribution >= 4 is 33.8 Å². The van der Waals surface area contributed by atoms with E-state index in [1.54, 1.807) is 19.1 Å². The number of nitrogens with zero attached hydrogens (tertiary/aromatic N) is 1. The van der Waals surface area contributed by atoms with E-state index < -0.39 is 11.9 Å². The van der Waals surface area contributed by atoms with Crippen LogP contribution in [0, 0.1) is 6.92 Å². The number of rotatable bonds is 1. The number of hydrogen-bond acceptors (Lipinski definition) is 3. The zero-order chi connectivity index (χ0) is 16.1. The molecule has 22 heavy (non-hydrogen) atoms. The summed E-state index contributed by atoms with van der Waals surface area (Å²) in [5.74, 6) is 0. The Morgan fingerprint density at radius 3 is 2.68 bits per heavy atom. The molecule has 8 heteroatoms. The third-order valence-corrected chi connectivity index (χ3v) is 4.52. The van der Waals surface area contributed by atoms with E-state index in [4.69, 9.17) is 11.6 Å². The van der Waals surface area contributed by atoms with Crippen molar-refractivity contribution < 1.29 is 13.2 Å². The minimum atomic E-state index is -4.51. The summed E-state index contributed by atoms with van der Waals surface area (Å²) in [5.41, 5.74) is 0.0636. The molecule has 0 aliphatic carbocycles. The van der Waals surface area contributed by atoms with E-state index in [1.165, 1.54) is 6.07 Å². The van der Waals surface area contributed by atoms with Crippen molar-refractivity contribution in [3.05, 3.63) is 50.1 Å². The molecule has 3 nitrogen and oxygen atoms in total. The topological polar surface area (TPSA) is 45.8 Å². The van der Waals surface area contributed by atoms with E-state index in [0.717, 1.165) is 22.3 Å². The molecule has 0 aliphatic rings. The highest BCUT2D eigenvalue weighted by atomic mass is 35.5. The highest BCUT2D eigenvalue weighted by Gasteiger charge is 2.34. The van der Waals surface area contributed by atoms with Crippen molar-refractivity contribution in [1.82, 2.24) is 9.97 Å². The first-order valence-corrected chi connectivity index (χ1v) is 7.38. The summed E-state index contributed by atoms with van der Waals surface area (Å²) < 4.78 is 37.9. The highest BCUT2D eigenvalue weighted by molar-refractivity contribution is 7.13. The van der Waals surface area contributed by atoms with Crippen LogP contribution in [0.15, 0.2) is 28.4 Å². The largest absolute Gasteiger partial charge is 0.434 e. The van der Waals surface area contributed by atoms with Crippen molar-refractivity contribution in [3.8, 4) is 10.7 Å². The number of H-pyrrole nitrogens is 1. The normalized spacial score (nSPS) is 12.0. The van der Waals surface area contributed by atoms with E-state index in [-0.39, 0.29) is 16.1 Å². The number of aryl methyl sites for hydroxylation is 1. The second-order valence-corrected chi connectivity index (χ2v) is 5.94. The number of pyridine rings is 1. The summed E-state index contributed by atoms with van der Waals surface area (Å²) in [4.78, 5) is 18.6. The van der Waals surface area contributed by atoms with E-state index in [0.29, 0.717) is 15.9 Å². The standard InChI is InChI=1S/C14H8ClF3N2OS/c1-6-2-3-7-9(21)4-8(19-12(7)11(6)15)13-20-10(5-22-13)14(16,17)18/h2-5H,1H3,(H,19,21). The quantitative estimate of drug-likeness (QED) is 0.699. The number of halogens is 4. The Hall–Kier alpha value is -1.86. The molecule has 0 saturated heterocycles. The molecule has 0 amide bonds. The lowest BCUT2D eigenvalue weighted by Gasteiger charge is -2.06. The van der Waals surface area contributed by atoms with Gasteiger partial charge in [0.25, 0.3) is 0 Å². The van der Waals surface area contributed by atoms with Gasteiger partial charge < -0.3 is 4.98 Å². The van der Waals surface area contributed by atoms with Crippen molar-refractivity contribution in [2.75, 3.05) is 0 Å². The number of alkyl halides is 3. The lowest BCUT2D eigenvalue weighted by Crippen LogP contribution is -2.06. The number of nitrogens with one attached hydrogen (secondary N) is 1. The van der Waals surface area contributed by atoms with Gasteiger partial charge in [-0.25, -0.2) is 4.98 Å². The maximum atomic E-state index is 12.6. The molecule has 0 fully saturated rings. The fourth-order valence-corrected chi connectivity index (χ4v) is 3.04. The lowest BCUT2D eigenvalue weighted by atomic mass is 10.1. The van der Waals surface area contributed by atoms with E-state index in [9.17, 15) is 18.0 Å². The predicted octanol–water partition coefficient (Wildman–Crippen LogP) is 4.63. The summed E-state index contributed by atoms with van der Waals surface area (Å²) in [6, 6.07) is 4.57. The van der Waals surface area contributed by atoms with Crippen LogP contribution in [0.1, 0.15) is 11.3 Å². The Balaban J connectivity index is 2.22. The Morgan fingerprint density at radius 2 is 2.05 bits per heavy atom. The van der Waals surface area contributed by atoms with Crippen LogP contribution in [0.2, 0.25) is 5.02 Å². The van der Waals surface area contributed by atoms with Gasteiger partial charge in [0.2, 0.25) is 0 Å². The molecule has 0 bridgehead atoms. The zero-order valence-corrected chi connectivity index (χ0v) is 12.7. The van der Waals surface area contributed by atoms with Crippen LogP contribution in [0.25, 0.3) is 21.6 Å². The molecule has 3 aromatic rings. The van der Waals surface area contributed by atoms with Crippen molar-refractivity contribution in [2.24, 2.45) is 0 Å². The summed E-state index contributed by atoms with van der Waals surface area (Å²) in [5, 5.41) is 1.75. The van der Waals surface area contributed by atoms with E-state index in [1.807, 2.05) is 0 Å². The number of benzene rings is 1. The Labute approximate surface area is 131 Å². The third-order valence-electron chi connectivity index (χ3n) is 3.16. The van der Waals surface area contributed by atoms with Crippen LogP contribution in [0.5, 0.6) is 0 Å². The summed E-state index contributed by atoms with van der Waals surface area (Å²) >= 11 is 6.98. The number of thiazole rings is 1. The van der Waals surface area contributed by atoms with Gasteiger partial charge in [-0.15, -0.1) is 11.3 Å². The fourth-order valence-electron chi connectivity index (χ4n) is 2.03. The molecule has 0 radical (unpaired) electrons. The average Bonchev–Trinajstić information content (AvgIpc) is 2.93. The van der Waals surface area contributed by atoms with Gasteiger partial charge in [-0.05, 0) is 18.6 Å². The predicted molar refractivity (Wildman–Crippen MR) is 80.4 cm³/mol. The van der Waals surface area contributed by atoms with Gasteiger partial charge in [-0.2, -0.15) is 13.2 Å². The molecule has 3 rings (SSSR count). The third kappa shape index (κ3) is 2.50. The minimum absolute atomic E-state index is 0.0869. The van der Waals surface area contributed by atoms with E-state index >= 15 is 0 Å². The molecule has 2 aromatic heterocycles. The first kappa shape index (κ1) is 15.1. The van der Waals surface area contributed by atoms with Crippen LogP contribution in [-0.4, -0.2) is 9.97 Å². The first-order chi connectivity index (χ1) is 10.3. The maximum Gasteiger partial charge on any atom is 0.434 e. The summed E-state index contributed by atoms with van der Waals surface area (Å²) in [7, 11) is 0. The number of aromatic nitrogens is 2. The number of fused-ring (bicyclic) bond motifs is 1. The molecule has 1 aromatic carbocycles. The van der Waals surface area contributed by atoms with Gasteiger partial charge in [0, 0.05) is 16.8 Å². The van der Waals surface area contributed by atoms with Crippen LogP contribution >= 0.6 is 22.9 Å². The molecular weight excluding hydrogens is 337 g/mol. The lowest BCUT2D eigenvalue weighted by molar-refractivity contribution is -0.140. The minimum Gasteiger partial charge on any atom is -0.351 e. The van der Waals surface area contributed by atoms with Gasteiger partial charge in [-0.1, -0.05) is 17.7 Å².